The summed E-state index contributed by atoms with van der Waals surface area (Å²) in [5.74, 6) is 2.06. The van der Waals surface area contributed by atoms with E-state index in [1.807, 2.05) is 24.3 Å². The summed E-state index contributed by atoms with van der Waals surface area (Å²) in [6.07, 6.45) is 4.73. The van der Waals surface area contributed by atoms with Gasteiger partial charge in [-0.3, -0.25) is 4.99 Å². The van der Waals surface area contributed by atoms with Crippen LogP contribution >= 0.6 is 0 Å². The fourth-order valence-corrected chi connectivity index (χ4v) is 4.17. The minimum absolute atomic E-state index is 0.0832. The molecule has 0 aromatic heterocycles. The van der Waals surface area contributed by atoms with Gasteiger partial charge in [0.15, 0.2) is 17.5 Å². The lowest BCUT2D eigenvalue weighted by molar-refractivity contribution is 0.198. The molecule has 1 aliphatic carbocycles. The average molecular weight is 447 g/mol. The zero-order valence-corrected chi connectivity index (χ0v) is 18.7. The van der Waals surface area contributed by atoms with Gasteiger partial charge in [0.25, 0.3) is 0 Å². The molecule has 2 aromatic carbocycles. The van der Waals surface area contributed by atoms with E-state index in [-0.39, 0.29) is 11.0 Å². The molecule has 2 aromatic rings. The first-order valence-electron chi connectivity index (χ1n) is 10.3. The first kappa shape index (κ1) is 22.9. The monoisotopic (exact) mass is 446 g/mol. The maximum Gasteiger partial charge on any atom is 0.238 e. The summed E-state index contributed by atoms with van der Waals surface area (Å²) < 4.78 is 34.9. The SMILES string of the molecule is CN=C(NCc1cccc(S(N)(=O)=O)c1)NCc1cccc(OC)c1OC1CCCC1. The highest BCUT2D eigenvalue weighted by Crippen LogP contribution is 2.34. The molecule has 0 heterocycles. The lowest BCUT2D eigenvalue weighted by Gasteiger charge is -2.20. The number of nitrogens with one attached hydrogen (secondary N) is 2. The lowest BCUT2D eigenvalue weighted by atomic mass is 10.1. The van der Waals surface area contributed by atoms with Gasteiger partial charge in [0.05, 0.1) is 18.1 Å². The molecule has 0 unspecified atom stereocenters. The second-order valence-electron chi connectivity index (χ2n) is 7.44. The summed E-state index contributed by atoms with van der Waals surface area (Å²) >= 11 is 0. The van der Waals surface area contributed by atoms with Crippen molar-refractivity contribution >= 4 is 16.0 Å². The highest BCUT2D eigenvalue weighted by Gasteiger charge is 2.20. The van der Waals surface area contributed by atoms with Crippen molar-refractivity contribution in [3.63, 3.8) is 0 Å². The molecule has 0 spiro atoms. The number of benzene rings is 2. The Labute approximate surface area is 183 Å². The van der Waals surface area contributed by atoms with Gasteiger partial charge in [0, 0.05) is 25.7 Å². The highest BCUT2D eigenvalue weighted by atomic mass is 32.2. The molecule has 9 heteroatoms. The van der Waals surface area contributed by atoms with Gasteiger partial charge in [-0.15, -0.1) is 0 Å². The summed E-state index contributed by atoms with van der Waals surface area (Å²) in [4.78, 5) is 4.33. The molecule has 8 nitrogen and oxygen atoms in total. The van der Waals surface area contributed by atoms with Crippen LogP contribution in [0.2, 0.25) is 0 Å². The quantitative estimate of drug-likeness (QED) is 0.424. The molecule has 3 rings (SSSR count). The first-order chi connectivity index (χ1) is 14.9. The average Bonchev–Trinajstić information content (AvgIpc) is 3.27. The molecule has 0 atom stereocenters. The number of aliphatic imine (C=N–C) groups is 1. The van der Waals surface area contributed by atoms with Crippen LogP contribution in [0.15, 0.2) is 52.4 Å². The molecule has 1 fully saturated rings. The molecule has 0 aliphatic heterocycles. The minimum atomic E-state index is -3.74. The second kappa shape index (κ2) is 10.5. The molecule has 1 aliphatic rings. The molecule has 31 heavy (non-hydrogen) atoms. The second-order valence-corrected chi connectivity index (χ2v) is 9.01. The van der Waals surface area contributed by atoms with Crippen LogP contribution in [0.5, 0.6) is 11.5 Å². The van der Waals surface area contributed by atoms with Gasteiger partial charge >= 0.3 is 0 Å². The molecule has 168 valence electrons. The highest BCUT2D eigenvalue weighted by molar-refractivity contribution is 7.89. The van der Waals surface area contributed by atoms with Crippen molar-refractivity contribution in [1.29, 1.82) is 0 Å². The fourth-order valence-electron chi connectivity index (χ4n) is 3.59. The lowest BCUT2D eigenvalue weighted by Crippen LogP contribution is -2.36. The van der Waals surface area contributed by atoms with E-state index in [1.54, 1.807) is 26.3 Å². The smallest absolute Gasteiger partial charge is 0.238 e. The Morgan fingerprint density at radius 3 is 2.52 bits per heavy atom. The Morgan fingerprint density at radius 1 is 1.13 bits per heavy atom. The first-order valence-corrected chi connectivity index (χ1v) is 11.8. The van der Waals surface area contributed by atoms with Gasteiger partial charge in [-0.1, -0.05) is 24.3 Å². The van der Waals surface area contributed by atoms with Gasteiger partial charge < -0.3 is 20.1 Å². The molecule has 0 saturated heterocycles. The summed E-state index contributed by atoms with van der Waals surface area (Å²) in [6, 6.07) is 12.3. The Balaban J connectivity index is 1.64. The van der Waals surface area contributed by atoms with Crippen LogP contribution in [-0.4, -0.2) is 34.6 Å². The van der Waals surface area contributed by atoms with Crippen molar-refractivity contribution in [3.8, 4) is 11.5 Å². The van der Waals surface area contributed by atoms with Crippen LogP contribution in [-0.2, 0) is 23.1 Å². The normalized spacial score (nSPS) is 15.0. The predicted molar refractivity (Wildman–Crippen MR) is 121 cm³/mol. The van der Waals surface area contributed by atoms with E-state index in [0.29, 0.717) is 24.8 Å². The van der Waals surface area contributed by atoms with E-state index in [1.165, 1.54) is 18.9 Å². The van der Waals surface area contributed by atoms with Gasteiger partial charge in [-0.25, -0.2) is 13.6 Å². The third-order valence-corrected chi connectivity index (χ3v) is 6.13. The van der Waals surface area contributed by atoms with Gasteiger partial charge in [0.1, 0.15) is 0 Å². The van der Waals surface area contributed by atoms with E-state index in [9.17, 15) is 8.42 Å². The number of sulfonamides is 1. The van der Waals surface area contributed by atoms with E-state index in [0.717, 1.165) is 29.7 Å². The molecular weight excluding hydrogens is 416 g/mol. The third-order valence-electron chi connectivity index (χ3n) is 5.22. The summed E-state index contributed by atoms with van der Waals surface area (Å²) in [5, 5.41) is 11.7. The van der Waals surface area contributed by atoms with Crippen LogP contribution in [0.3, 0.4) is 0 Å². The van der Waals surface area contributed by atoms with Crippen molar-refractivity contribution < 1.29 is 17.9 Å². The number of guanidine groups is 1. The Hall–Kier alpha value is -2.78. The molecule has 0 bridgehead atoms. The van der Waals surface area contributed by atoms with Crippen LogP contribution in [0, 0.1) is 0 Å². The van der Waals surface area contributed by atoms with Crippen molar-refractivity contribution in [2.75, 3.05) is 14.2 Å². The van der Waals surface area contributed by atoms with Crippen LogP contribution < -0.4 is 25.2 Å². The largest absolute Gasteiger partial charge is 0.493 e. The number of nitrogens with two attached hydrogens (primary N) is 1. The Morgan fingerprint density at radius 2 is 1.84 bits per heavy atom. The molecule has 0 amide bonds. The van der Waals surface area contributed by atoms with E-state index < -0.39 is 10.0 Å². The summed E-state index contributed by atoms with van der Waals surface area (Å²) in [7, 11) is -0.415. The molecule has 1 saturated carbocycles. The number of hydrogen-bond donors (Lipinski definition) is 3. The number of rotatable bonds is 8. The molecule has 0 radical (unpaired) electrons. The number of para-hydroxylation sites is 1. The van der Waals surface area contributed by atoms with E-state index in [4.69, 9.17) is 14.6 Å². The Kier molecular flexibility index (Phi) is 7.75. The topological polar surface area (TPSA) is 115 Å². The van der Waals surface area contributed by atoms with Crippen LogP contribution in [0.25, 0.3) is 0 Å². The van der Waals surface area contributed by atoms with Crippen molar-refractivity contribution in [3.05, 3.63) is 53.6 Å². The summed E-state index contributed by atoms with van der Waals surface area (Å²) in [5.41, 5.74) is 1.76. The number of primary sulfonamides is 1. The minimum Gasteiger partial charge on any atom is -0.493 e. The Bertz CT molecular complexity index is 1020. The van der Waals surface area contributed by atoms with Gasteiger partial charge in [-0.05, 0) is 49.4 Å². The standard InChI is InChI=1S/C22H30N4O4S/c1-24-22(25-14-16-7-5-11-19(13-16)31(23,27)28)26-15-17-8-6-12-20(29-2)21(17)30-18-9-3-4-10-18/h5-8,11-13,18H,3-4,9-10,14-15H2,1-2H3,(H2,23,27,28)(H2,24,25,26). The number of methoxy groups -OCH3 is 1. The van der Waals surface area contributed by atoms with Crippen LogP contribution in [0.4, 0.5) is 0 Å². The van der Waals surface area contributed by atoms with Crippen LogP contribution in [0.1, 0.15) is 36.8 Å². The molecular formula is C22H30N4O4S. The van der Waals surface area contributed by atoms with E-state index >= 15 is 0 Å². The number of ether oxygens (including phenoxy) is 2. The maximum absolute atomic E-state index is 11.5. The number of nitrogens with zero attached hydrogens (tertiary/aromatic N) is 1. The van der Waals surface area contributed by atoms with E-state index in [2.05, 4.69) is 15.6 Å². The molecule has 4 N–H and O–H groups in total. The maximum atomic E-state index is 11.5. The van der Waals surface area contributed by atoms with Crippen molar-refractivity contribution in [2.45, 2.75) is 49.8 Å². The van der Waals surface area contributed by atoms with Crippen molar-refractivity contribution in [2.24, 2.45) is 10.1 Å². The fraction of sp³-hybridized carbons (Fsp3) is 0.409. The van der Waals surface area contributed by atoms with Gasteiger partial charge in [-0.2, -0.15) is 0 Å². The zero-order valence-electron chi connectivity index (χ0n) is 17.9. The zero-order chi connectivity index (χ0) is 22.3. The predicted octanol–water partition coefficient (Wildman–Crippen LogP) is 2.53. The van der Waals surface area contributed by atoms with Gasteiger partial charge in [0.2, 0.25) is 10.0 Å². The third kappa shape index (κ3) is 6.35. The number of hydrogen-bond acceptors (Lipinski definition) is 5. The summed E-state index contributed by atoms with van der Waals surface area (Å²) in [6.45, 7) is 0.892. The van der Waals surface area contributed by atoms with Crippen molar-refractivity contribution in [1.82, 2.24) is 10.6 Å².